The van der Waals surface area contributed by atoms with E-state index in [2.05, 4.69) is 33.9 Å². The number of urea groups is 2. The summed E-state index contributed by atoms with van der Waals surface area (Å²) in [4.78, 5) is 48.8. The highest BCUT2D eigenvalue weighted by Gasteiger charge is 2.36. The second-order valence-electron chi connectivity index (χ2n) is 13.6. The molecular weight excluding hydrogens is 634 g/mol. The summed E-state index contributed by atoms with van der Waals surface area (Å²) in [6.07, 6.45) is 12.5. The number of carbonyl (C=O) groups is 3. The van der Waals surface area contributed by atoms with Gasteiger partial charge >= 0.3 is 12.1 Å². The zero-order valence-electron chi connectivity index (χ0n) is 27.2. The molecule has 47 heavy (non-hydrogen) atoms. The van der Waals surface area contributed by atoms with Crippen LogP contribution in [-0.4, -0.2) is 103 Å². The van der Waals surface area contributed by atoms with E-state index in [0.717, 1.165) is 43.6 Å². The van der Waals surface area contributed by atoms with Crippen LogP contribution in [0.15, 0.2) is 22.9 Å². The second-order valence-corrected chi connectivity index (χ2v) is 14.7. The van der Waals surface area contributed by atoms with Crippen LogP contribution in [0.3, 0.4) is 0 Å². The molecule has 4 aliphatic heterocycles. The van der Waals surface area contributed by atoms with E-state index in [-0.39, 0.29) is 30.4 Å². The summed E-state index contributed by atoms with van der Waals surface area (Å²) < 4.78 is 0. The third-order valence-electron chi connectivity index (χ3n) is 10.7. The molecule has 0 bridgehead atoms. The number of benzene rings is 1. The number of rotatable bonds is 6. The van der Waals surface area contributed by atoms with Crippen LogP contribution in [0.1, 0.15) is 55.2 Å². The molecule has 0 unspecified atom stereocenters. The van der Waals surface area contributed by atoms with Gasteiger partial charge in [-0.15, -0.1) is 17.8 Å². The molecular formula is C35H46ClN7O3S. The number of hydrogen-bond donors (Lipinski definition) is 3. The van der Waals surface area contributed by atoms with Gasteiger partial charge in [0.15, 0.2) is 0 Å². The van der Waals surface area contributed by atoms with Gasteiger partial charge in [0, 0.05) is 56.1 Å². The molecule has 5 amide bonds. The smallest absolute Gasteiger partial charge is 0.322 e. The molecule has 2 aromatic rings. The lowest BCUT2D eigenvalue weighted by Crippen LogP contribution is -2.57. The molecule has 10 nitrogen and oxygen atoms in total. The number of amides is 5. The van der Waals surface area contributed by atoms with Crippen LogP contribution < -0.4 is 16.4 Å². The Bertz CT molecular complexity index is 1500. The highest BCUT2D eigenvalue weighted by Crippen LogP contribution is 2.33. The third kappa shape index (κ3) is 7.66. The Hall–Kier alpha value is -3.46. The van der Waals surface area contributed by atoms with Crippen LogP contribution in [0, 0.1) is 24.2 Å². The van der Waals surface area contributed by atoms with Gasteiger partial charge in [0.2, 0.25) is 5.91 Å². The molecule has 3 fully saturated rings. The number of nitrogens with two attached hydrogens (primary N) is 1. The fraction of sp³-hybridized carbons (Fsp3) is 0.571. The number of anilines is 2. The van der Waals surface area contributed by atoms with Crippen molar-refractivity contribution in [2.75, 3.05) is 63.9 Å². The summed E-state index contributed by atoms with van der Waals surface area (Å²) >= 11 is 8.01. The van der Waals surface area contributed by atoms with Crippen LogP contribution >= 0.6 is 22.9 Å². The number of halogens is 1. The maximum Gasteiger partial charge on any atom is 0.322 e. The molecule has 4 aliphatic rings. The highest BCUT2D eigenvalue weighted by molar-refractivity contribution is 7.08. The first-order chi connectivity index (χ1) is 22.7. The highest BCUT2D eigenvalue weighted by atomic mass is 35.5. The van der Waals surface area contributed by atoms with Gasteiger partial charge in [0.05, 0.1) is 16.4 Å². The lowest BCUT2D eigenvalue weighted by molar-refractivity contribution is -0.135. The van der Waals surface area contributed by atoms with E-state index in [0.29, 0.717) is 73.7 Å². The first-order valence-corrected chi connectivity index (χ1v) is 18.2. The molecule has 0 radical (unpaired) electrons. The van der Waals surface area contributed by atoms with Crippen LogP contribution in [0.25, 0.3) is 0 Å². The molecule has 4 N–H and O–H groups in total. The van der Waals surface area contributed by atoms with Crippen LogP contribution in [0.2, 0.25) is 5.02 Å². The maximum atomic E-state index is 14.1. The number of nitrogen functional groups attached to an aromatic ring is 1. The molecule has 1 aromatic carbocycles. The van der Waals surface area contributed by atoms with Gasteiger partial charge in [-0.1, -0.05) is 17.5 Å². The summed E-state index contributed by atoms with van der Waals surface area (Å²) in [6.45, 7) is 5.31. The number of likely N-dealkylation sites (tertiary alicyclic amines) is 3. The van der Waals surface area contributed by atoms with Crippen LogP contribution in [0.4, 0.5) is 21.0 Å². The van der Waals surface area contributed by atoms with Crippen molar-refractivity contribution < 1.29 is 14.4 Å². The van der Waals surface area contributed by atoms with E-state index in [9.17, 15) is 14.4 Å². The molecule has 0 saturated carbocycles. The zero-order chi connectivity index (χ0) is 33.1. The average molecular weight is 680 g/mol. The van der Waals surface area contributed by atoms with Gasteiger partial charge in [-0.05, 0) is 106 Å². The molecule has 0 spiro atoms. The average Bonchev–Trinajstić information content (AvgIpc) is 3.46. The Balaban J connectivity index is 1.09. The molecule has 0 aliphatic carbocycles. The summed E-state index contributed by atoms with van der Waals surface area (Å²) in [6, 6.07) is 2.42. The third-order valence-corrected chi connectivity index (χ3v) is 11.8. The molecule has 1 aromatic heterocycles. The number of piperidine rings is 3. The predicted molar refractivity (Wildman–Crippen MR) is 188 cm³/mol. The van der Waals surface area contributed by atoms with Gasteiger partial charge in [0.1, 0.15) is 6.04 Å². The number of terminal acetylenes is 1. The summed E-state index contributed by atoms with van der Waals surface area (Å²) in [5.41, 5.74) is 9.69. The first kappa shape index (κ1) is 33.4. The van der Waals surface area contributed by atoms with Gasteiger partial charge in [0.25, 0.3) is 0 Å². The van der Waals surface area contributed by atoms with E-state index in [1.54, 1.807) is 28.4 Å². The summed E-state index contributed by atoms with van der Waals surface area (Å²) in [5.74, 6) is 3.85. The SMILES string of the molecule is C#Cc1cc(C[C@@H](NC(=O)N2CCC(N3CCc4cscc4NC3=O)CC2)C(=O)N2CCC(C3CCN(C)CC3)CC2)cc(Cl)c1N. The van der Waals surface area contributed by atoms with Crippen LogP contribution in [-0.2, 0) is 17.6 Å². The number of carbonyl (C=O) groups excluding carboxylic acids is 3. The van der Waals surface area contributed by atoms with Crippen molar-refractivity contribution in [3.05, 3.63) is 44.6 Å². The Morgan fingerprint density at radius 3 is 2.36 bits per heavy atom. The minimum absolute atomic E-state index is 0.0501. The largest absolute Gasteiger partial charge is 0.397 e. The predicted octanol–water partition coefficient (Wildman–Crippen LogP) is 4.72. The van der Waals surface area contributed by atoms with Crippen molar-refractivity contribution in [2.45, 2.75) is 63.5 Å². The van der Waals surface area contributed by atoms with Crippen molar-refractivity contribution in [2.24, 2.45) is 11.8 Å². The zero-order valence-corrected chi connectivity index (χ0v) is 28.8. The van der Waals surface area contributed by atoms with Gasteiger partial charge in [-0.2, -0.15) is 0 Å². The Labute approximate surface area is 286 Å². The molecule has 1 atom stereocenters. The topological polar surface area (TPSA) is 114 Å². The number of nitrogens with zero attached hydrogens (tertiary/aromatic N) is 4. The molecule has 252 valence electrons. The fourth-order valence-corrected chi connectivity index (χ4v) is 8.85. The maximum absolute atomic E-state index is 14.1. The van der Waals surface area contributed by atoms with Crippen molar-refractivity contribution in [1.29, 1.82) is 0 Å². The summed E-state index contributed by atoms with van der Waals surface area (Å²) in [7, 11) is 2.18. The Morgan fingerprint density at radius 2 is 1.68 bits per heavy atom. The summed E-state index contributed by atoms with van der Waals surface area (Å²) in [5, 5.41) is 10.5. The number of thiophene rings is 1. The van der Waals surface area contributed by atoms with Gasteiger partial charge in [-0.25, -0.2) is 9.59 Å². The van der Waals surface area contributed by atoms with Gasteiger partial charge < -0.3 is 36.0 Å². The van der Waals surface area contributed by atoms with E-state index in [4.69, 9.17) is 23.8 Å². The quantitative estimate of drug-likeness (QED) is 0.302. The molecule has 5 heterocycles. The number of hydrogen-bond acceptors (Lipinski definition) is 6. The van der Waals surface area contributed by atoms with Crippen molar-refractivity contribution in [1.82, 2.24) is 24.9 Å². The van der Waals surface area contributed by atoms with Gasteiger partial charge in [-0.3, -0.25) is 4.79 Å². The standard InChI is InChI=1S/C35H46ClN7O3S/c1-3-24-18-23(19-29(36)32(24)37)20-30(33(44)41-13-6-26(7-14-41)25-4-11-40(2)12-5-25)38-34(45)42-15-9-28(10-16-42)43-17-8-27-21-47-22-31(27)39-35(43)46/h1,18-19,21-22,25-26,28,30H,4-17,20,37H2,2H3,(H,38,45)(H,39,46)/t30-/m1/s1. The Morgan fingerprint density at radius 1 is 1.02 bits per heavy atom. The van der Waals surface area contributed by atoms with Crippen molar-refractivity contribution in [3.8, 4) is 12.3 Å². The minimum Gasteiger partial charge on any atom is -0.397 e. The number of fused-ring (bicyclic) bond motifs is 1. The first-order valence-electron chi connectivity index (χ1n) is 16.9. The lowest BCUT2D eigenvalue weighted by Gasteiger charge is -2.41. The second kappa shape index (κ2) is 14.8. The van der Waals surface area contributed by atoms with E-state index >= 15 is 0 Å². The Kier molecular flexibility index (Phi) is 10.5. The van der Waals surface area contributed by atoms with Crippen LogP contribution in [0.5, 0.6) is 0 Å². The minimum atomic E-state index is -0.777. The van der Waals surface area contributed by atoms with E-state index in [1.807, 2.05) is 15.2 Å². The van der Waals surface area contributed by atoms with Crippen molar-refractivity contribution in [3.63, 3.8) is 0 Å². The molecule has 6 rings (SSSR count). The van der Waals surface area contributed by atoms with E-state index in [1.165, 1.54) is 18.4 Å². The number of nitrogens with one attached hydrogen (secondary N) is 2. The monoisotopic (exact) mass is 679 g/mol. The normalized spacial score (nSPS) is 21.0. The lowest BCUT2D eigenvalue weighted by atomic mass is 9.79. The fourth-order valence-electron chi connectivity index (χ4n) is 7.78. The van der Waals surface area contributed by atoms with E-state index < -0.39 is 6.04 Å². The molecule has 12 heteroatoms. The molecule has 3 saturated heterocycles. The van der Waals surface area contributed by atoms with Crippen molar-refractivity contribution >= 4 is 52.3 Å².